The van der Waals surface area contributed by atoms with Crippen molar-refractivity contribution in [3.63, 3.8) is 0 Å². The van der Waals surface area contributed by atoms with Crippen molar-refractivity contribution < 1.29 is 14.6 Å². The van der Waals surface area contributed by atoms with Crippen LogP contribution in [0.4, 0.5) is 0 Å². The lowest BCUT2D eigenvalue weighted by atomic mass is 10.0. The Bertz CT molecular complexity index is 349. The average Bonchev–Trinajstić information content (AvgIpc) is 2.17. The van der Waals surface area contributed by atoms with Gasteiger partial charge in [0.05, 0.1) is 7.11 Å². The minimum absolute atomic E-state index is 0.580. The molecule has 1 rings (SSSR count). The first kappa shape index (κ1) is 10.5. The number of hydrogen-bond acceptors (Lipinski definition) is 3. The fourth-order valence-corrected chi connectivity index (χ4v) is 1.32. The number of benzene rings is 1. The standard InChI is InChI=1S/C10H13NO3/c1-6-7(9(11)10(12)13)4-3-5-8(6)14-2/h3-5,9H,11H2,1-2H3,(H,12,13). The van der Waals surface area contributed by atoms with Gasteiger partial charge in [0.15, 0.2) is 0 Å². The van der Waals surface area contributed by atoms with Crippen LogP contribution in [0.1, 0.15) is 17.2 Å². The van der Waals surface area contributed by atoms with Crippen LogP contribution < -0.4 is 10.5 Å². The van der Waals surface area contributed by atoms with Crippen molar-refractivity contribution in [2.75, 3.05) is 7.11 Å². The molecule has 1 aromatic carbocycles. The molecule has 0 bridgehead atoms. The molecule has 0 aromatic heterocycles. The van der Waals surface area contributed by atoms with E-state index in [0.717, 1.165) is 5.56 Å². The summed E-state index contributed by atoms with van der Waals surface area (Å²) in [5, 5.41) is 8.76. The van der Waals surface area contributed by atoms with Crippen LogP contribution in [0, 0.1) is 6.92 Å². The van der Waals surface area contributed by atoms with Gasteiger partial charge in [0.25, 0.3) is 0 Å². The van der Waals surface area contributed by atoms with Crippen molar-refractivity contribution in [2.45, 2.75) is 13.0 Å². The van der Waals surface area contributed by atoms with Crippen LogP contribution in [0.5, 0.6) is 5.75 Å². The third-order valence-electron chi connectivity index (χ3n) is 2.15. The summed E-state index contributed by atoms with van der Waals surface area (Å²) >= 11 is 0. The summed E-state index contributed by atoms with van der Waals surface area (Å²) in [5.74, 6) is -0.388. The van der Waals surface area contributed by atoms with E-state index >= 15 is 0 Å². The van der Waals surface area contributed by atoms with Gasteiger partial charge in [0.1, 0.15) is 11.8 Å². The third-order valence-corrected chi connectivity index (χ3v) is 2.15. The van der Waals surface area contributed by atoms with Crippen LogP contribution in [0.25, 0.3) is 0 Å². The van der Waals surface area contributed by atoms with Gasteiger partial charge in [-0.15, -0.1) is 0 Å². The first-order valence-electron chi connectivity index (χ1n) is 4.19. The van der Waals surface area contributed by atoms with Gasteiger partial charge in [-0.1, -0.05) is 12.1 Å². The zero-order valence-corrected chi connectivity index (χ0v) is 8.15. The Morgan fingerprint density at radius 3 is 2.71 bits per heavy atom. The molecule has 0 spiro atoms. The highest BCUT2D eigenvalue weighted by Crippen LogP contribution is 2.24. The summed E-state index contributed by atoms with van der Waals surface area (Å²) in [6.45, 7) is 1.79. The molecule has 1 unspecified atom stereocenters. The average molecular weight is 195 g/mol. The third kappa shape index (κ3) is 1.85. The number of ether oxygens (including phenoxy) is 1. The highest BCUT2D eigenvalue weighted by molar-refractivity contribution is 5.76. The van der Waals surface area contributed by atoms with Crippen LogP contribution in [0.2, 0.25) is 0 Å². The highest BCUT2D eigenvalue weighted by atomic mass is 16.5. The lowest BCUT2D eigenvalue weighted by molar-refractivity contribution is -0.138. The molecule has 0 aliphatic carbocycles. The number of carbonyl (C=O) groups is 1. The molecule has 0 aliphatic rings. The zero-order valence-electron chi connectivity index (χ0n) is 8.15. The Kier molecular flexibility index (Phi) is 3.09. The van der Waals surface area contributed by atoms with E-state index in [9.17, 15) is 4.79 Å². The number of carboxylic acids is 1. The second kappa shape index (κ2) is 4.11. The minimum Gasteiger partial charge on any atom is -0.496 e. The van der Waals surface area contributed by atoms with E-state index in [1.54, 1.807) is 32.2 Å². The number of hydrogen-bond donors (Lipinski definition) is 2. The predicted octanol–water partition coefficient (Wildman–Crippen LogP) is 1.09. The summed E-state index contributed by atoms with van der Waals surface area (Å²) in [6.07, 6.45) is 0. The molecule has 4 heteroatoms. The van der Waals surface area contributed by atoms with Crippen LogP contribution in [0.15, 0.2) is 18.2 Å². The van der Waals surface area contributed by atoms with Gasteiger partial charge in [-0.3, -0.25) is 4.79 Å². The smallest absolute Gasteiger partial charge is 0.325 e. The molecule has 0 aliphatic heterocycles. The number of methoxy groups -OCH3 is 1. The van der Waals surface area contributed by atoms with Gasteiger partial charge in [-0.25, -0.2) is 0 Å². The molecule has 14 heavy (non-hydrogen) atoms. The van der Waals surface area contributed by atoms with E-state index < -0.39 is 12.0 Å². The molecule has 0 radical (unpaired) electrons. The zero-order chi connectivity index (χ0) is 10.7. The second-order valence-electron chi connectivity index (χ2n) is 2.99. The van der Waals surface area contributed by atoms with E-state index in [0.29, 0.717) is 11.3 Å². The molecule has 0 saturated carbocycles. The van der Waals surface area contributed by atoms with Crippen molar-refractivity contribution in [2.24, 2.45) is 5.73 Å². The maximum atomic E-state index is 10.7. The monoisotopic (exact) mass is 195 g/mol. The van der Waals surface area contributed by atoms with Crippen LogP contribution >= 0.6 is 0 Å². The van der Waals surface area contributed by atoms with Gasteiger partial charge in [-0.05, 0) is 24.1 Å². The lowest BCUT2D eigenvalue weighted by Gasteiger charge is -2.12. The molecular weight excluding hydrogens is 182 g/mol. The van der Waals surface area contributed by atoms with Crippen molar-refractivity contribution in [1.29, 1.82) is 0 Å². The molecule has 0 amide bonds. The van der Waals surface area contributed by atoms with Gasteiger partial charge < -0.3 is 15.6 Å². The quantitative estimate of drug-likeness (QED) is 0.757. The fourth-order valence-electron chi connectivity index (χ4n) is 1.32. The van der Waals surface area contributed by atoms with Crippen molar-refractivity contribution in [3.8, 4) is 5.75 Å². The second-order valence-corrected chi connectivity index (χ2v) is 2.99. The summed E-state index contributed by atoms with van der Waals surface area (Å²) in [5.41, 5.74) is 6.86. The largest absolute Gasteiger partial charge is 0.496 e. The van der Waals surface area contributed by atoms with Crippen LogP contribution in [-0.2, 0) is 4.79 Å². The minimum atomic E-state index is -1.04. The first-order chi connectivity index (χ1) is 6.57. The summed E-state index contributed by atoms with van der Waals surface area (Å²) in [4.78, 5) is 10.7. The molecule has 4 nitrogen and oxygen atoms in total. The SMILES string of the molecule is COc1cccc(C(N)C(=O)O)c1C. The Morgan fingerprint density at radius 1 is 1.57 bits per heavy atom. The van der Waals surface area contributed by atoms with Gasteiger partial charge in [0, 0.05) is 0 Å². The van der Waals surface area contributed by atoms with E-state index in [1.807, 2.05) is 0 Å². The Balaban J connectivity index is 3.15. The van der Waals surface area contributed by atoms with E-state index in [1.165, 1.54) is 0 Å². The maximum Gasteiger partial charge on any atom is 0.325 e. The topological polar surface area (TPSA) is 72.5 Å². The number of nitrogens with two attached hydrogens (primary N) is 1. The predicted molar refractivity (Wildman–Crippen MR) is 52.3 cm³/mol. The lowest BCUT2D eigenvalue weighted by Crippen LogP contribution is -2.21. The Morgan fingerprint density at radius 2 is 2.21 bits per heavy atom. The molecule has 76 valence electrons. The van der Waals surface area contributed by atoms with Gasteiger partial charge in [-0.2, -0.15) is 0 Å². The first-order valence-corrected chi connectivity index (χ1v) is 4.19. The van der Waals surface area contributed by atoms with Crippen molar-refractivity contribution in [3.05, 3.63) is 29.3 Å². The van der Waals surface area contributed by atoms with Crippen LogP contribution in [-0.4, -0.2) is 18.2 Å². The molecule has 0 fully saturated rings. The van der Waals surface area contributed by atoms with Crippen LogP contribution in [0.3, 0.4) is 0 Å². The van der Waals surface area contributed by atoms with E-state index in [4.69, 9.17) is 15.6 Å². The van der Waals surface area contributed by atoms with Crippen molar-refractivity contribution in [1.82, 2.24) is 0 Å². The summed E-state index contributed by atoms with van der Waals surface area (Å²) in [6, 6.07) is 4.19. The number of aliphatic carboxylic acids is 1. The Hall–Kier alpha value is -1.55. The molecule has 0 heterocycles. The summed E-state index contributed by atoms with van der Waals surface area (Å²) in [7, 11) is 1.54. The van der Waals surface area contributed by atoms with Crippen molar-refractivity contribution >= 4 is 5.97 Å². The number of rotatable bonds is 3. The molecule has 3 N–H and O–H groups in total. The summed E-state index contributed by atoms with van der Waals surface area (Å²) < 4.78 is 5.07. The Labute approximate surface area is 82.3 Å². The highest BCUT2D eigenvalue weighted by Gasteiger charge is 2.17. The normalized spacial score (nSPS) is 12.2. The maximum absolute atomic E-state index is 10.7. The van der Waals surface area contributed by atoms with Gasteiger partial charge >= 0.3 is 5.97 Å². The molecule has 1 atom stereocenters. The fraction of sp³-hybridized carbons (Fsp3) is 0.300. The van der Waals surface area contributed by atoms with Gasteiger partial charge in [0.2, 0.25) is 0 Å². The number of carboxylic acid groups (broad SMARTS) is 1. The van der Waals surface area contributed by atoms with E-state index in [2.05, 4.69) is 0 Å². The molecule has 0 saturated heterocycles. The van der Waals surface area contributed by atoms with E-state index in [-0.39, 0.29) is 0 Å². The molecule has 1 aromatic rings. The molecular formula is C10H13NO3.